The molecule has 0 saturated carbocycles. The number of ketones is 2. The average Bonchev–Trinajstić information content (AvgIpc) is 2.88. The van der Waals surface area contributed by atoms with Gasteiger partial charge in [-0.25, -0.2) is 9.18 Å². The molecule has 140 valence electrons. The first-order valence-electron chi connectivity index (χ1n) is 8.21. The fraction of sp³-hybridized carbons (Fsp3) is 0.250. The summed E-state index contributed by atoms with van der Waals surface area (Å²) in [5.74, 6) is -3.60. The van der Waals surface area contributed by atoms with Gasteiger partial charge in [0.15, 0.2) is 18.0 Å². The summed E-state index contributed by atoms with van der Waals surface area (Å²) in [4.78, 5) is 37.4. The molecule has 0 bridgehead atoms. The second kappa shape index (κ2) is 6.68. The van der Waals surface area contributed by atoms with Crippen LogP contribution in [0.3, 0.4) is 0 Å². The van der Waals surface area contributed by atoms with E-state index in [4.69, 9.17) is 4.74 Å². The van der Waals surface area contributed by atoms with Crippen LogP contribution in [0.15, 0.2) is 60.7 Å². The zero-order chi connectivity index (χ0) is 19.8. The Morgan fingerprint density at radius 2 is 1.52 bits per heavy atom. The Balaban J connectivity index is 2.04. The third kappa shape index (κ3) is 2.85. The van der Waals surface area contributed by atoms with Crippen molar-refractivity contribution in [1.29, 1.82) is 0 Å². The first kappa shape index (κ1) is 18.9. The SMILES string of the molecule is C[C@]1(F)C(=O)O[C@H](C(O)C(=O)c2ccccc2)[C@]1(O)C(=O)c1ccccc1. The number of hydrogen-bond donors (Lipinski definition) is 2. The lowest BCUT2D eigenvalue weighted by Gasteiger charge is -2.33. The number of Topliss-reactive ketones (excluding diaryl/α,β-unsaturated/α-hetero) is 2. The van der Waals surface area contributed by atoms with Gasteiger partial charge in [0.25, 0.3) is 0 Å². The highest BCUT2D eigenvalue weighted by atomic mass is 19.1. The van der Waals surface area contributed by atoms with Crippen LogP contribution in [-0.2, 0) is 9.53 Å². The number of carbonyl (C=O) groups is 3. The summed E-state index contributed by atoms with van der Waals surface area (Å²) < 4.78 is 19.9. The normalized spacial score (nSPS) is 28.4. The minimum absolute atomic E-state index is 0.0584. The van der Waals surface area contributed by atoms with Gasteiger partial charge in [0.05, 0.1) is 0 Å². The molecule has 2 aromatic carbocycles. The van der Waals surface area contributed by atoms with Crippen molar-refractivity contribution in [2.45, 2.75) is 30.4 Å². The quantitative estimate of drug-likeness (QED) is 0.609. The maximum Gasteiger partial charge on any atom is 0.347 e. The Morgan fingerprint density at radius 3 is 2.04 bits per heavy atom. The summed E-state index contributed by atoms with van der Waals surface area (Å²) in [5.41, 5.74) is -6.26. The van der Waals surface area contributed by atoms with E-state index in [0.717, 1.165) is 0 Å². The second-order valence-electron chi connectivity index (χ2n) is 6.47. The van der Waals surface area contributed by atoms with Crippen molar-refractivity contribution in [3.63, 3.8) is 0 Å². The van der Waals surface area contributed by atoms with E-state index in [9.17, 15) is 24.6 Å². The molecule has 2 aromatic rings. The highest BCUT2D eigenvalue weighted by Gasteiger charge is 2.72. The summed E-state index contributed by atoms with van der Waals surface area (Å²) in [6.45, 7) is 0.690. The van der Waals surface area contributed by atoms with Gasteiger partial charge in [0.2, 0.25) is 17.1 Å². The highest BCUT2D eigenvalue weighted by Crippen LogP contribution is 2.43. The summed E-state index contributed by atoms with van der Waals surface area (Å²) in [7, 11) is 0. The van der Waals surface area contributed by atoms with Gasteiger partial charge in [-0.3, -0.25) is 9.59 Å². The van der Waals surface area contributed by atoms with Crippen molar-refractivity contribution in [2.75, 3.05) is 0 Å². The van der Waals surface area contributed by atoms with E-state index in [1.807, 2.05) is 0 Å². The Hall–Kier alpha value is -2.90. The number of carbonyl (C=O) groups excluding carboxylic acids is 3. The molecule has 0 aliphatic carbocycles. The molecule has 6 nitrogen and oxygen atoms in total. The Labute approximate surface area is 154 Å². The first-order chi connectivity index (χ1) is 12.7. The molecule has 0 aromatic heterocycles. The van der Waals surface area contributed by atoms with Crippen LogP contribution in [0.2, 0.25) is 0 Å². The molecule has 0 amide bonds. The van der Waals surface area contributed by atoms with Gasteiger partial charge in [0.1, 0.15) is 0 Å². The zero-order valence-electron chi connectivity index (χ0n) is 14.3. The van der Waals surface area contributed by atoms with E-state index in [2.05, 4.69) is 0 Å². The Bertz CT molecular complexity index is 880. The number of hydrogen-bond acceptors (Lipinski definition) is 6. The fourth-order valence-electron chi connectivity index (χ4n) is 3.09. The lowest BCUT2D eigenvalue weighted by Crippen LogP contribution is -2.62. The molecule has 0 spiro atoms. The Morgan fingerprint density at radius 1 is 1.04 bits per heavy atom. The molecule has 3 rings (SSSR count). The first-order valence-corrected chi connectivity index (χ1v) is 8.21. The van der Waals surface area contributed by atoms with Crippen molar-refractivity contribution in [3.05, 3.63) is 71.8 Å². The van der Waals surface area contributed by atoms with Crippen LogP contribution in [0.1, 0.15) is 27.6 Å². The van der Waals surface area contributed by atoms with Gasteiger partial charge in [-0.1, -0.05) is 60.7 Å². The molecule has 27 heavy (non-hydrogen) atoms. The van der Waals surface area contributed by atoms with Crippen LogP contribution in [0, 0.1) is 0 Å². The molecule has 1 fully saturated rings. The number of cyclic esters (lactones) is 1. The van der Waals surface area contributed by atoms with Gasteiger partial charge in [-0.15, -0.1) is 0 Å². The molecule has 1 aliphatic heterocycles. The molecule has 4 atom stereocenters. The number of rotatable bonds is 5. The van der Waals surface area contributed by atoms with Gasteiger partial charge in [0, 0.05) is 11.1 Å². The van der Waals surface area contributed by atoms with Gasteiger partial charge >= 0.3 is 5.97 Å². The van der Waals surface area contributed by atoms with Crippen molar-refractivity contribution in [3.8, 4) is 0 Å². The average molecular weight is 372 g/mol. The number of ether oxygens (including phenoxy) is 1. The summed E-state index contributed by atoms with van der Waals surface area (Å²) in [6, 6.07) is 14.8. The minimum atomic E-state index is -3.15. The molecule has 7 heteroatoms. The monoisotopic (exact) mass is 372 g/mol. The van der Waals surface area contributed by atoms with Gasteiger partial charge in [-0.05, 0) is 6.92 Å². The van der Waals surface area contributed by atoms with Crippen molar-refractivity contribution in [2.24, 2.45) is 0 Å². The van der Waals surface area contributed by atoms with Crippen LogP contribution >= 0.6 is 0 Å². The minimum Gasteiger partial charge on any atom is -0.453 e. The number of aliphatic hydroxyl groups excluding tert-OH is 1. The van der Waals surface area contributed by atoms with Crippen LogP contribution in [0.5, 0.6) is 0 Å². The van der Waals surface area contributed by atoms with E-state index in [1.165, 1.54) is 36.4 Å². The van der Waals surface area contributed by atoms with E-state index >= 15 is 4.39 Å². The summed E-state index contributed by atoms with van der Waals surface area (Å²) in [5, 5.41) is 21.4. The molecular weight excluding hydrogens is 355 g/mol. The molecule has 0 radical (unpaired) electrons. The standard InChI is InChI=1S/C20H17FO6/c1-19(21)18(25)27-17(15(23)14(22)12-8-4-2-5-9-12)20(19,26)16(24)13-10-6-3-7-11-13/h2-11,15,17,23,26H,1H3/t15?,17-,19+,20-/m1/s1. The molecule has 1 heterocycles. The molecule has 1 aliphatic rings. The largest absolute Gasteiger partial charge is 0.453 e. The third-order valence-corrected chi connectivity index (χ3v) is 4.74. The van der Waals surface area contributed by atoms with Crippen LogP contribution in [0.25, 0.3) is 0 Å². The Kier molecular flexibility index (Phi) is 4.67. The van der Waals surface area contributed by atoms with Crippen molar-refractivity contribution in [1.82, 2.24) is 0 Å². The summed E-state index contributed by atoms with van der Waals surface area (Å²) in [6.07, 6.45) is -4.23. The number of esters is 1. The van der Waals surface area contributed by atoms with Crippen molar-refractivity contribution >= 4 is 17.5 Å². The number of aliphatic hydroxyl groups is 2. The lowest BCUT2D eigenvalue weighted by atomic mass is 9.75. The fourth-order valence-corrected chi connectivity index (χ4v) is 3.09. The highest BCUT2D eigenvalue weighted by molar-refractivity contribution is 6.10. The van der Waals surface area contributed by atoms with Gasteiger partial charge in [-0.2, -0.15) is 0 Å². The van der Waals surface area contributed by atoms with E-state index in [1.54, 1.807) is 24.3 Å². The predicted molar refractivity (Wildman–Crippen MR) is 91.9 cm³/mol. The third-order valence-electron chi connectivity index (χ3n) is 4.74. The van der Waals surface area contributed by atoms with E-state index < -0.39 is 41.0 Å². The van der Waals surface area contributed by atoms with Crippen molar-refractivity contribution < 1.29 is 33.7 Å². The zero-order valence-corrected chi connectivity index (χ0v) is 14.3. The summed E-state index contributed by atoms with van der Waals surface area (Å²) >= 11 is 0. The maximum atomic E-state index is 15.1. The number of alkyl halides is 1. The van der Waals surface area contributed by atoms with E-state index in [-0.39, 0.29) is 11.1 Å². The molecule has 1 saturated heterocycles. The van der Waals surface area contributed by atoms with Crippen LogP contribution in [-0.4, -0.2) is 51.2 Å². The molecular formula is C20H17FO6. The topological polar surface area (TPSA) is 101 Å². The maximum absolute atomic E-state index is 15.1. The van der Waals surface area contributed by atoms with E-state index in [0.29, 0.717) is 6.92 Å². The van der Waals surface area contributed by atoms with Crippen LogP contribution in [0.4, 0.5) is 4.39 Å². The molecule has 1 unspecified atom stereocenters. The number of benzene rings is 2. The second-order valence-corrected chi connectivity index (χ2v) is 6.47. The lowest BCUT2D eigenvalue weighted by molar-refractivity contribution is -0.151. The molecule has 2 N–H and O–H groups in total. The van der Waals surface area contributed by atoms with Crippen LogP contribution < -0.4 is 0 Å². The predicted octanol–water partition coefficient (Wildman–Crippen LogP) is 1.50. The van der Waals surface area contributed by atoms with Gasteiger partial charge < -0.3 is 14.9 Å². The smallest absolute Gasteiger partial charge is 0.347 e. The number of halogens is 1.